The minimum Gasteiger partial charge on any atom is -0.480 e. The molecule has 0 radical (unpaired) electrons. The van der Waals surface area contributed by atoms with Gasteiger partial charge in [-0.25, -0.2) is 0 Å². The number of thioether (sulfide) groups is 1. The second kappa shape index (κ2) is 22.1. The topological polar surface area (TPSA) is 174 Å². The third-order valence-corrected chi connectivity index (χ3v) is 10.8. The first-order chi connectivity index (χ1) is 27.4. The normalized spacial score (nSPS) is 13.6. The molecule has 0 fully saturated rings. The van der Waals surface area contributed by atoms with Crippen molar-refractivity contribution in [1.29, 1.82) is 0 Å². The van der Waals surface area contributed by atoms with Gasteiger partial charge in [-0.3, -0.25) is 24.0 Å². The number of aliphatic hydroxyl groups is 1. The summed E-state index contributed by atoms with van der Waals surface area (Å²) in [6.45, 7) is 4.26. The number of aliphatic carboxylic acids is 1. The molecule has 12 heteroatoms. The molecular formula is C45H52N4O7S. The van der Waals surface area contributed by atoms with E-state index in [-0.39, 0.29) is 18.8 Å². The monoisotopic (exact) mass is 792 g/mol. The van der Waals surface area contributed by atoms with Crippen molar-refractivity contribution in [3.63, 3.8) is 0 Å². The molecule has 0 bridgehead atoms. The summed E-state index contributed by atoms with van der Waals surface area (Å²) in [6, 6.07) is 36.8. The van der Waals surface area contributed by atoms with Crippen LogP contribution in [0.25, 0.3) is 0 Å². The molecule has 0 saturated carbocycles. The maximum absolute atomic E-state index is 13.5. The second-order valence-electron chi connectivity index (χ2n) is 14.0. The Hall–Kier alpha value is -5.72. The molecule has 4 aromatic carbocycles. The lowest BCUT2D eigenvalue weighted by atomic mass is 9.84. The molecule has 4 atom stereocenters. The zero-order valence-corrected chi connectivity index (χ0v) is 33.3. The van der Waals surface area contributed by atoms with E-state index in [1.54, 1.807) is 56.0 Å². The van der Waals surface area contributed by atoms with E-state index >= 15 is 0 Å². The maximum Gasteiger partial charge on any atom is 0.322 e. The predicted molar refractivity (Wildman–Crippen MR) is 223 cm³/mol. The fraction of sp³-hybridized carbons (Fsp3) is 0.311. The Balaban J connectivity index is 1.35. The zero-order chi connectivity index (χ0) is 41.2. The van der Waals surface area contributed by atoms with Crippen molar-refractivity contribution < 1.29 is 34.2 Å². The van der Waals surface area contributed by atoms with Crippen LogP contribution in [0.4, 0.5) is 0 Å². The molecule has 57 heavy (non-hydrogen) atoms. The molecule has 4 rings (SSSR count). The van der Waals surface area contributed by atoms with Crippen molar-refractivity contribution in [2.75, 3.05) is 12.3 Å². The van der Waals surface area contributed by atoms with E-state index in [9.17, 15) is 29.1 Å². The fourth-order valence-electron chi connectivity index (χ4n) is 6.34. The number of nitrogens with one attached hydrogen (secondary N) is 4. The van der Waals surface area contributed by atoms with Gasteiger partial charge < -0.3 is 31.5 Å². The summed E-state index contributed by atoms with van der Waals surface area (Å²) in [6.07, 6.45) is 2.78. The number of carboxylic acid groups (broad SMARTS) is 1. The molecule has 0 heterocycles. The highest BCUT2D eigenvalue weighted by Gasteiger charge is 2.36. The van der Waals surface area contributed by atoms with Crippen molar-refractivity contribution in [3.8, 4) is 0 Å². The van der Waals surface area contributed by atoms with Gasteiger partial charge in [0, 0.05) is 6.42 Å². The highest BCUT2D eigenvalue weighted by molar-refractivity contribution is 8.00. The molecule has 0 aliphatic rings. The summed E-state index contributed by atoms with van der Waals surface area (Å²) in [5, 5.41) is 29.9. The predicted octanol–water partition coefficient (Wildman–Crippen LogP) is 4.98. The lowest BCUT2D eigenvalue weighted by Crippen LogP contribution is -2.58. The Morgan fingerprint density at radius 2 is 1.19 bits per heavy atom. The van der Waals surface area contributed by atoms with E-state index < -0.39 is 65.1 Å². The molecule has 300 valence electrons. The minimum atomic E-state index is -1.23. The van der Waals surface area contributed by atoms with Gasteiger partial charge in [0.25, 0.3) is 0 Å². The first kappa shape index (κ1) is 44.0. The van der Waals surface area contributed by atoms with Gasteiger partial charge in [-0.2, -0.15) is 0 Å². The van der Waals surface area contributed by atoms with Gasteiger partial charge in [-0.05, 0) is 47.3 Å². The van der Waals surface area contributed by atoms with Gasteiger partial charge in [-0.1, -0.05) is 147 Å². The van der Waals surface area contributed by atoms with Crippen LogP contribution in [-0.4, -0.2) is 76.3 Å². The molecule has 0 aromatic heterocycles. The average Bonchev–Trinajstić information content (AvgIpc) is 3.21. The third-order valence-electron chi connectivity index (χ3n) is 9.24. The molecule has 0 spiro atoms. The average molecular weight is 793 g/mol. The summed E-state index contributed by atoms with van der Waals surface area (Å²) in [5.74, 6) is -3.42. The van der Waals surface area contributed by atoms with E-state index in [2.05, 4.69) is 57.7 Å². The first-order valence-corrected chi connectivity index (χ1v) is 20.0. The lowest BCUT2D eigenvalue weighted by molar-refractivity contribution is -0.139. The molecule has 0 unspecified atom stereocenters. The van der Waals surface area contributed by atoms with Crippen molar-refractivity contribution >= 4 is 41.4 Å². The number of rotatable bonds is 21. The van der Waals surface area contributed by atoms with Crippen LogP contribution in [0.1, 0.15) is 55.9 Å². The summed E-state index contributed by atoms with van der Waals surface area (Å²) in [4.78, 5) is 63.4. The Kier molecular flexibility index (Phi) is 17.1. The summed E-state index contributed by atoms with van der Waals surface area (Å²) in [7, 11) is 0. The number of allylic oxidation sites excluding steroid dienone is 1. The highest BCUT2D eigenvalue weighted by atomic mass is 32.2. The fourth-order valence-corrected chi connectivity index (χ4v) is 7.81. The first-order valence-electron chi connectivity index (χ1n) is 19.0. The maximum atomic E-state index is 13.5. The lowest BCUT2D eigenvalue weighted by Gasteiger charge is -2.35. The smallest absolute Gasteiger partial charge is 0.322 e. The molecule has 0 saturated heterocycles. The van der Waals surface area contributed by atoms with Crippen LogP contribution in [0.5, 0.6) is 0 Å². The van der Waals surface area contributed by atoms with Crippen LogP contribution < -0.4 is 21.3 Å². The van der Waals surface area contributed by atoms with Crippen LogP contribution in [-0.2, 0) is 35.1 Å². The SMILES string of the molecule is CC(C)[C@@H](NC(=O)[C@@H](Cc1ccccc1)NC(=O)[C@@H](C)NC(=O)C[C@H](O)C=CCCSC(c1ccccc1)(c1ccccc1)c1ccccc1)C(=O)NCC(=O)O. The number of carboxylic acids is 1. The van der Waals surface area contributed by atoms with Gasteiger partial charge in [0.15, 0.2) is 0 Å². The largest absolute Gasteiger partial charge is 0.480 e. The number of carbonyl (C=O) groups is 5. The van der Waals surface area contributed by atoms with Crippen LogP contribution in [0, 0.1) is 5.92 Å². The van der Waals surface area contributed by atoms with E-state index in [1.807, 2.05) is 66.7 Å². The van der Waals surface area contributed by atoms with E-state index in [0.717, 1.165) is 22.3 Å². The Bertz CT molecular complexity index is 1830. The zero-order valence-electron chi connectivity index (χ0n) is 32.5. The number of amides is 4. The number of carbonyl (C=O) groups excluding carboxylic acids is 4. The van der Waals surface area contributed by atoms with Crippen molar-refractivity contribution in [2.24, 2.45) is 5.92 Å². The summed E-state index contributed by atoms with van der Waals surface area (Å²) in [5.41, 5.74) is 4.19. The molecule has 0 aliphatic carbocycles. The van der Waals surface area contributed by atoms with Crippen LogP contribution >= 0.6 is 11.8 Å². The molecule has 4 amide bonds. The Morgan fingerprint density at radius 3 is 1.68 bits per heavy atom. The van der Waals surface area contributed by atoms with Gasteiger partial charge in [0.1, 0.15) is 24.7 Å². The van der Waals surface area contributed by atoms with Gasteiger partial charge in [0.2, 0.25) is 23.6 Å². The van der Waals surface area contributed by atoms with E-state index in [0.29, 0.717) is 12.2 Å². The summed E-state index contributed by atoms with van der Waals surface area (Å²) >= 11 is 1.80. The van der Waals surface area contributed by atoms with Crippen LogP contribution in [0.15, 0.2) is 133 Å². The minimum absolute atomic E-state index is 0.0889. The van der Waals surface area contributed by atoms with Crippen molar-refractivity contribution in [1.82, 2.24) is 21.3 Å². The number of benzene rings is 4. The molecule has 11 nitrogen and oxygen atoms in total. The van der Waals surface area contributed by atoms with Crippen LogP contribution in [0.2, 0.25) is 0 Å². The van der Waals surface area contributed by atoms with Gasteiger partial charge in [0.05, 0.1) is 17.3 Å². The standard InChI is InChI=1S/C45H52N4O7S/c1-31(2)41(44(56)46-30-40(52)53)49-43(55)38(28-33-18-8-4-9-19-33)48-42(54)32(3)47-39(51)29-37(50)26-16-17-27-57-45(34-20-10-5-11-21-34,35-22-12-6-13-23-35)36-24-14-7-15-25-36/h4-16,18-26,31-32,37-38,41,50H,17,27-30H2,1-3H3,(H,46,56)(H,47,51)(H,48,54)(H,49,55)(H,52,53)/t32-,37-,38-,41-/m1/s1. The van der Waals surface area contributed by atoms with Crippen molar-refractivity contribution in [3.05, 3.63) is 156 Å². The number of hydrogen-bond donors (Lipinski definition) is 6. The third kappa shape index (κ3) is 13.2. The molecule has 4 aromatic rings. The van der Waals surface area contributed by atoms with Crippen molar-refractivity contribution in [2.45, 2.75) is 69.0 Å². The second-order valence-corrected chi connectivity index (χ2v) is 15.3. The van der Waals surface area contributed by atoms with E-state index in [4.69, 9.17) is 5.11 Å². The molecular weight excluding hydrogens is 741 g/mol. The van der Waals surface area contributed by atoms with Gasteiger partial charge >= 0.3 is 5.97 Å². The number of aliphatic hydroxyl groups excluding tert-OH is 1. The summed E-state index contributed by atoms with van der Waals surface area (Å²) < 4.78 is -0.472. The highest BCUT2D eigenvalue weighted by Crippen LogP contribution is 2.48. The Labute approximate surface area is 338 Å². The molecule has 0 aliphatic heterocycles. The van der Waals surface area contributed by atoms with Gasteiger partial charge in [-0.15, -0.1) is 11.8 Å². The molecule has 6 N–H and O–H groups in total. The van der Waals surface area contributed by atoms with Crippen LogP contribution in [0.3, 0.4) is 0 Å². The Morgan fingerprint density at radius 1 is 0.684 bits per heavy atom. The van der Waals surface area contributed by atoms with E-state index in [1.165, 1.54) is 6.92 Å². The number of hydrogen-bond acceptors (Lipinski definition) is 7. The quantitative estimate of drug-likeness (QED) is 0.0390.